The monoisotopic (exact) mass is 435 g/mol. The van der Waals surface area contributed by atoms with Gasteiger partial charge in [-0.05, 0) is 6.07 Å². The average molecular weight is 435 g/mol. The largest absolute Gasteiger partial charge is 0.366 e. The Morgan fingerprint density at radius 2 is 1.97 bits per heavy atom. The van der Waals surface area contributed by atoms with Crippen LogP contribution in [0.2, 0.25) is 0 Å². The number of aromatic nitrogens is 4. The maximum atomic E-state index is 13.7. The number of amides is 1. The van der Waals surface area contributed by atoms with Crippen molar-refractivity contribution in [2.45, 2.75) is 31.7 Å². The lowest BCUT2D eigenvalue weighted by Crippen LogP contribution is -2.30. The molecule has 1 amide bonds. The highest BCUT2D eigenvalue weighted by Gasteiger charge is 2.38. The van der Waals surface area contributed by atoms with Crippen LogP contribution in [0.5, 0.6) is 0 Å². The van der Waals surface area contributed by atoms with Crippen molar-refractivity contribution >= 4 is 23.4 Å². The lowest BCUT2D eigenvalue weighted by Gasteiger charge is -2.09. The fourth-order valence-electron chi connectivity index (χ4n) is 2.79. The summed E-state index contributed by atoms with van der Waals surface area (Å²) in [6.07, 6.45) is 3.78. The molecule has 31 heavy (non-hydrogen) atoms. The van der Waals surface area contributed by atoms with Crippen LogP contribution in [0, 0.1) is 17.5 Å². The van der Waals surface area contributed by atoms with Gasteiger partial charge in [0.2, 0.25) is 11.9 Å². The normalized spacial score (nSPS) is 17.3. The van der Waals surface area contributed by atoms with Gasteiger partial charge in [-0.2, -0.15) is 10.1 Å². The van der Waals surface area contributed by atoms with Crippen molar-refractivity contribution in [1.29, 1.82) is 0 Å². The predicted octanol–water partition coefficient (Wildman–Crippen LogP) is 2.67. The molecule has 0 aliphatic heterocycles. The molecule has 1 aliphatic rings. The summed E-state index contributed by atoms with van der Waals surface area (Å²) in [6, 6.07) is 2.28. The second-order valence-electron chi connectivity index (χ2n) is 6.94. The smallest absolute Gasteiger partial charge is 0.242 e. The minimum atomic E-state index is -1.00. The van der Waals surface area contributed by atoms with E-state index in [4.69, 9.17) is 0 Å². The highest BCUT2D eigenvalue weighted by molar-refractivity contribution is 5.76. The molecule has 1 aromatic carbocycles. The van der Waals surface area contributed by atoms with Crippen molar-refractivity contribution in [1.82, 2.24) is 25.1 Å². The van der Waals surface area contributed by atoms with Crippen LogP contribution in [0.4, 0.5) is 35.0 Å². The zero-order valence-electron chi connectivity index (χ0n) is 15.9. The third kappa shape index (κ3) is 5.27. The van der Waals surface area contributed by atoms with Crippen LogP contribution in [0.15, 0.2) is 36.8 Å². The molecular formula is C19H17F4N7O. The number of anilines is 3. The summed E-state index contributed by atoms with van der Waals surface area (Å²) in [5, 5.41) is 12.2. The number of alkyl halides is 1. The van der Waals surface area contributed by atoms with Crippen LogP contribution in [0.25, 0.3) is 0 Å². The van der Waals surface area contributed by atoms with E-state index in [-0.39, 0.29) is 36.3 Å². The maximum Gasteiger partial charge on any atom is 0.242 e. The summed E-state index contributed by atoms with van der Waals surface area (Å²) in [4.78, 5) is 20.0. The van der Waals surface area contributed by atoms with Gasteiger partial charge in [-0.25, -0.2) is 22.5 Å². The molecule has 0 saturated heterocycles. The van der Waals surface area contributed by atoms with Gasteiger partial charge in [0.05, 0.1) is 17.9 Å². The first-order chi connectivity index (χ1) is 14.9. The van der Waals surface area contributed by atoms with Gasteiger partial charge in [-0.15, -0.1) is 0 Å². The minimum Gasteiger partial charge on any atom is -0.366 e. The summed E-state index contributed by atoms with van der Waals surface area (Å²) in [5.74, 6) is -2.90. The van der Waals surface area contributed by atoms with Crippen molar-refractivity contribution in [3.05, 3.63) is 59.8 Å². The highest BCUT2D eigenvalue weighted by Crippen LogP contribution is 2.24. The molecule has 2 aromatic heterocycles. The number of nitrogens with one attached hydrogen (secondary N) is 3. The highest BCUT2D eigenvalue weighted by atomic mass is 19.1. The van der Waals surface area contributed by atoms with Crippen LogP contribution in [0.1, 0.15) is 12.0 Å². The standard InChI is InChI=1S/C19H17F4N7O/c20-10-3-13(21)12(14(22)4-10)7-25-17-1-2-24-19(29-17)27-11-6-26-30(8-11)9-18(31)28-16-5-15(16)23/h1-4,6,8,15-16H,5,7,9H2,(H,28,31)(H2,24,25,27,29)/t15-,16+/m0/s1. The number of halogens is 4. The second kappa shape index (κ2) is 8.58. The Morgan fingerprint density at radius 3 is 2.68 bits per heavy atom. The number of benzene rings is 1. The maximum absolute atomic E-state index is 13.7. The SMILES string of the molecule is O=C(Cn1cc(Nc2nccc(NCc3c(F)cc(F)cc3F)n2)cn1)N[C@@H]1C[C@@H]1F. The average Bonchev–Trinajstić information content (AvgIpc) is 3.20. The van der Waals surface area contributed by atoms with Crippen LogP contribution < -0.4 is 16.0 Å². The van der Waals surface area contributed by atoms with Crippen molar-refractivity contribution in [3.8, 4) is 0 Å². The summed E-state index contributed by atoms with van der Waals surface area (Å²) in [7, 11) is 0. The molecule has 1 aliphatic carbocycles. The van der Waals surface area contributed by atoms with Crippen LogP contribution >= 0.6 is 0 Å². The number of carbonyl (C=O) groups excluding carboxylic acids is 1. The Balaban J connectivity index is 1.34. The van der Waals surface area contributed by atoms with Gasteiger partial charge >= 0.3 is 0 Å². The van der Waals surface area contributed by atoms with E-state index < -0.39 is 29.7 Å². The summed E-state index contributed by atoms with van der Waals surface area (Å²) in [6.45, 7) is -0.315. The number of nitrogens with zero attached hydrogens (tertiary/aromatic N) is 4. The Kier molecular flexibility index (Phi) is 5.69. The van der Waals surface area contributed by atoms with E-state index in [2.05, 4.69) is 31.0 Å². The van der Waals surface area contributed by atoms with Gasteiger partial charge < -0.3 is 16.0 Å². The molecule has 162 valence electrons. The van der Waals surface area contributed by atoms with Crippen LogP contribution in [0.3, 0.4) is 0 Å². The number of carbonyl (C=O) groups is 1. The zero-order valence-corrected chi connectivity index (χ0v) is 15.9. The van der Waals surface area contributed by atoms with E-state index in [1.165, 1.54) is 23.1 Å². The number of rotatable bonds is 8. The molecule has 12 heteroatoms. The van der Waals surface area contributed by atoms with Crippen LogP contribution in [-0.2, 0) is 17.9 Å². The molecule has 1 fully saturated rings. The third-order valence-corrected chi connectivity index (χ3v) is 4.46. The molecule has 1 saturated carbocycles. The molecule has 2 heterocycles. The Bertz CT molecular complexity index is 1080. The molecule has 0 bridgehead atoms. The number of hydrogen-bond acceptors (Lipinski definition) is 6. The van der Waals surface area contributed by atoms with Crippen molar-refractivity contribution in [3.63, 3.8) is 0 Å². The van der Waals surface area contributed by atoms with E-state index in [9.17, 15) is 22.4 Å². The quantitative estimate of drug-likeness (QED) is 0.471. The molecule has 3 N–H and O–H groups in total. The molecule has 4 rings (SSSR count). The Morgan fingerprint density at radius 1 is 1.23 bits per heavy atom. The molecule has 2 atom stereocenters. The predicted molar refractivity (Wildman–Crippen MR) is 103 cm³/mol. The van der Waals surface area contributed by atoms with E-state index >= 15 is 0 Å². The fraction of sp³-hybridized carbons (Fsp3) is 0.263. The van der Waals surface area contributed by atoms with Crippen molar-refractivity contribution in [2.24, 2.45) is 0 Å². The fourth-order valence-corrected chi connectivity index (χ4v) is 2.79. The first-order valence-electron chi connectivity index (χ1n) is 9.30. The summed E-state index contributed by atoms with van der Waals surface area (Å²) in [5.41, 5.74) is 0.176. The molecule has 0 spiro atoms. The number of hydrogen-bond donors (Lipinski definition) is 3. The van der Waals surface area contributed by atoms with Gasteiger partial charge in [0.15, 0.2) is 0 Å². The van der Waals surface area contributed by atoms with E-state index in [0.29, 0.717) is 24.2 Å². The topological polar surface area (TPSA) is 96.8 Å². The minimum absolute atomic E-state index is 0.0673. The summed E-state index contributed by atoms with van der Waals surface area (Å²) < 4.78 is 54.7. The summed E-state index contributed by atoms with van der Waals surface area (Å²) >= 11 is 0. The molecule has 0 unspecified atom stereocenters. The van der Waals surface area contributed by atoms with E-state index in [1.54, 1.807) is 6.20 Å². The molecule has 0 radical (unpaired) electrons. The van der Waals surface area contributed by atoms with Gasteiger partial charge in [0, 0.05) is 43.1 Å². The van der Waals surface area contributed by atoms with Crippen molar-refractivity contribution < 1.29 is 22.4 Å². The lowest BCUT2D eigenvalue weighted by molar-refractivity contribution is -0.122. The Hall–Kier alpha value is -3.70. The van der Waals surface area contributed by atoms with Gasteiger partial charge in [-0.1, -0.05) is 0 Å². The first kappa shape index (κ1) is 20.6. The third-order valence-electron chi connectivity index (χ3n) is 4.46. The lowest BCUT2D eigenvalue weighted by atomic mass is 10.2. The zero-order chi connectivity index (χ0) is 22.0. The molecular weight excluding hydrogens is 418 g/mol. The first-order valence-corrected chi connectivity index (χ1v) is 9.30. The van der Waals surface area contributed by atoms with Crippen LogP contribution in [-0.4, -0.2) is 37.9 Å². The molecule has 3 aromatic rings. The van der Waals surface area contributed by atoms with E-state index in [0.717, 1.165) is 0 Å². The van der Waals surface area contributed by atoms with Gasteiger partial charge in [0.25, 0.3) is 0 Å². The van der Waals surface area contributed by atoms with E-state index in [1.807, 2.05) is 0 Å². The molecule has 8 nitrogen and oxygen atoms in total. The second-order valence-corrected chi connectivity index (χ2v) is 6.94. The van der Waals surface area contributed by atoms with Gasteiger partial charge in [0.1, 0.15) is 36.0 Å². The Labute approximate surface area is 173 Å². The van der Waals surface area contributed by atoms with Crippen molar-refractivity contribution in [2.75, 3.05) is 10.6 Å². The van der Waals surface area contributed by atoms with Gasteiger partial charge in [-0.3, -0.25) is 9.48 Å².